The number of urea groups is 1. The largest absolute Gasteiger partial charge is 0.324 e. The molecular formula is C11H8FN3O2. The highest BCUT2D eigenvalue weighted by molar-refractivity contribution is 6.01. The summed E-state index contributed by atoms with van der Waals surface area (Å²) in [5.41, 5.74) is 0.488. The third-order valence-corrected chi connectivity index (χ3v) is 2.41. The van der Waals surface area contributed by atoms with Crippen molar-refractivity contribution in [1.82, 2.24) is 10.2 Å². The van der Waals surface area contributed by atoms with Crippen molar-refractivity contribution in [2.45, 2.75) is 6.54 Å². The normalized spacial score (nSPS) is 14.7. The number of halogens is 1. The minimum atomic E-state index is -0.559. The number of nitriles is 1. The zero-order valence-electron chi connectivity index (χ0n) is 8.74. The number of hydrogen-bond donors (Lipinski definition) is 1. The Hall–Kier alpha value is -2.42. The number of rotatable bonds is 2. The quantitative estimate of drug-likeness (QED) is 0.766. The Bertz CT molecular complexity index is 536. The van der Waals surface area contributed by atoms with E-state index in [1.165, 1.54) is 17.0 Å². The minimum absolute atomic E-state index is 0.00904. The van der Waals surface area contributed by atoms with Crippen LogP contribution in [0.1, 0.15) is 11.1 Å². The molecule has 0 unspecified atom stereocenters. The lowest BCUT2D eigenvalue weighted by Gasteiger charge is -2.13. The molecular weight excluding hydrogens is 225 g/mol. The Morgan fingerprint density at radius 2 is 2.24 bits per heavy atom. The number of carbonyl (C=O) groups is 2. The second kappa shape index (κ2) is 4.22. The van der Waals surface area contributed by atoms with E-state index in [2.05, 4.69) is 5.32 Å². The first kappa shape index (κ1) is 11.1. The third kappa shape index (κ3) is 2.23. The molecule has 1 heterocycles. The van der Waals surface area contributed by atoms with Crippen LogP contribution in [0.2, 0.25) is 0 Å². The van der Waals surface area contributed by atoms with Crippen LogP contribution in [0.3, 0.4) is 0 Å². The van der Waals surface area contributed by atoms with Gasteiger partial charge in [0.2, 0.25) is 5.91 Å². The molecule has 1 aromatic rings. The van der Waals surface area contributed by atoms with E-state index < -0.39 is 17.8 Å². The maximum atomic E-state index is 13.5. The second-order valence-electron chi connectivity index (χ2n) is 3.63. The van der Waals surface area contributed by atoms with Crippen molar-refractivity contribution in [2.75, 3.05) is 6.54 Å². The Morgan fingerprint density at radius 3 is 2.76 bits per heavy atom. The Kier molecular flexibility index (Phi) is 2.75. The molecule has 1 saturated heterocycles. The fourth-order valence-corrected chi connectivity index (χ4v) is 1.56. The van der Waals surface area contributed by atoms with E-state index in [9.17, 15) is 14.0 Å². The molecule has 0 aliphatic carbocycles. The van der Waals surface area contributed by atoms with Gasteiger partial charge >= 0.3 is 6.03 Å². The van der Waals surface area contributed by atoms with Gasteiger partial charge in [-0.15, -0.1) is 0 Å². The van der Waals surface area contributed by atoms with Gasteiger partial charge < -0.3 is 4.90 Å². The fraction of sp³-hybridized carbons (Fsp3) is 0.182. The first-order valence-electron chi connectivity index (χ1n) is 4.87. The van der Waals surface area contributed by atoms with Crippen molar-refractivity contribution in [2.24, 2.45) is 0 Å². The van der Waals surface area contributed by atoms with Crippen LogP contribution in [-0.4, -0.2) is 23.4 Å². The van der Waals surface area contributed by atoms with Gasteiger partial charge in [-0.1, -0.05) is 6.07 Å². The van der Waals surface area contributed by atoms with E-state index >= 15 is 0 Å². The molecule has 6 heteroatoms. The highest BCUT2D eigenvalue weighted by atomic mass is 19.1. The lowest BCUT2D eigenvalue weighted by molar-refractivity contribution is -0.118. The number of hydrogen-bond acceptors (Lipinski definition) is 3. The highest BCUT2D eigenvalue weighted by Crippen LogP contribution is 2.13. The Morgan fingerprint density at radius 1 is 1.47 bits per heavy atom. The molecule has 0 radical (unpaired) electrons. The first-order valence-corrected chi connectivity index (χ1v) is 4.87. The number of nitrogens with one attached hydrogen (secondary N) is 1. The lowest BCUT2D eigenvalue weighted by atomic mass is 10.1. The van der Waals surface area contributed by atoms with Gasteiger partial charge in [-0.25, -0.2) is 9.18 Å². The van der Waals surface area contributed by atoms with Crippen molar-refractivity contribution >= 4 is 11.9 Å². The smallest absolute Gasteiger partial charge is 0.311 e. The predicted molar refractivity (Wildman–Crippen MR) is 55.1 cm³/mol. The molecule has 5 nitrogen and oxygen atoms in total. The zero-order chi connectivity index (χ0) is 12.4. The van der Waals surface area contributed by atoms with Gasteiger partial charge in [0.15, 0.2) is 0 Å². The number of imide groups is 1. The summed E-state index contributed by atoms with van der Waals surface area (Å²) < 4.78 is 13.5. The van der Waals surface area contributed by atoms with Crippen molar-refractivity contribution in [3.63, 3.8) is 0 Å². The number of carbonyl (C=O) groups excluding carboxylic acids is 2. The molecule has 86 valence electrons. The van der Waals surface area contributed by atoms with Gasteiger partial charge in [0.25, 0.3) is 0 Å². The summed E-state index contributed by atoms with van der Waals surface area (Å²) in [7, 11) is 0. The molecule has 0 atom stereocenters. The molecule has 1 fully saturated rings. The maximum absolute atomic E-state index is 13.5. The molecule has 0 spiro atoms. The van der Waals surface area contributed by atoms with Crippen LogP contribution in [-0.2, 0) is 11.3 Å². The molecule has 1 aliphatic rings. The molecule has 1 N–H and O–H groups in total. The van der Waals surface area contributed by atoms with Crippen LogP contribution in [0, 0.1) is 17.1 Å². The van der Waals surface area contributed by atoms with Gasteiger partial charge in [-0.2, -0.15) is 5.26 Å². The summed E-state index contributed by atoms with van der Waals surface area (Å²) in [6, 6.07) is 5.29. The van der Waals surface area contributed by atoms with Gasteiger partial charge in [0.05, 0.1) is 18.2 Å². The second-order valence-corrected chi connectivity index (χ2v) is 3.63. The summed E-state index contributed by atoms with van der Waals surface area (Å²) in [5.74, 6) is -0.958. The van der Waals surface area contributed by atoms with Crippen LogP contribution in [0.4, 0.5) is 9.18 Å². The fourth-order valence-electron chi connectivity index (χ4n) is 1.56. The highest BCUT2D eigenvalue weighted by Gasteiger charge is 2.27. The van der Waals surface area contributed by atoms with E-state index in [0.29, 0.717) is 0 Å². The van der Waals surface area contributed by atoms with E-state index in [1.54, 1.807) is 0 Å². The Labute approximate surface area is 96.4 Å². The van der Waals surface area contributed by atoms with Crippen molar-refractivity contribution in [3.8, 4) is 6.07 Å². The summed E-state index contributed by atoms with van der Waals surface area (Å²) in [5, 5.41) is 10.7. The van der Waals surface area contributed by atoms with Gasteiger partial charge in [-0.05, 0) is 12.1 Å². The predicted octanol–water partition coefficient (Wildman–Crippen LogP) is 0.749. The SMILES string of the molecule is N#Cc1ccc(CN2CC(=O)NC2=O)c(F)c1. The van der Waals surface area contributed by atoms with Gasteiger partial charge in [-0.3, -0.25) is 10.1 Å². The number of nitrogens with zero attached hydrogens (tertiary/aromatic N) is 2. The van der Waals surface area contributed by atoms with Crippen molar-refractivity contribution in [1.29, 1.82) is 5.26 Å². The molecule has 1 aliphatic heterocycles. The number of amides is 3. The lowest BCUT2D eigenvalue weighted by Crippen LogP contribution is -2.28. The molecule has 1 aromatic carbocycles. The maximum Gasteiger partial charge on any atom is 0.324 e. The third-order valence-electron chi connectivity index (χ3n) is 2.41. The van der Waals surface area contributed by atoms with E-state index in [-0.39, 0.29) is 24.2 Å². The van der Waals surface area contributed by atoms with Crippen molar-refractivity contribution in [3.05, 3.63) is 35.1 Å². The van der Waals surface area contributed by atoms with E-state index in [0.717, 1.165) is 6.07 Å². The first-order chi connectivity index (χ1) is 8.10. The average molecular weight is 233 g/mol. The topological polar surface area (TPSA) is 73.2 Å². The summed E-state index contributed by atoms with van der Waals surface area (Å²) in [6.45, 7) is -0.0621. The summed E-state index contributed by atoms with van der Waals surface area (Å²) in [4.78, 5) is 23.4. The van der Waals surface area contributed by atoms with Gasteiger partial charge in [0, 0.05) is 5.56 Å². The van der Waals surface area contributed by atoms with Crippen LogP contribution in [0.5, 0.6) is 0 Å². The van der Waals surface area contributed by atoms with E-state index in [4.69, 9.17) is 5.26 Å². The van der Waals surface area contributed by atoms with Gasteiger partial charge in [0.1, 0.15) is 12.4 Å². The van der Waals surface area contributed by atoms with Crippen LogP contribution < -0.4 is 5.32 Å². The van der Waals surface area contributed by atoms with Crippen LogP contribution in [0.15, 0.2) is 18.2 Å². The van der Waals surface area contributed by atoms with E-state index in [1.807, 2.05) is 6.07 Å². The zero-order valence-corrected chi connectivity index (χ0v) is 8.74. The minimum Gasteiger partial charge on any atom is -0.311 e. The number of benzene rings is 1. The van der Waals surface area contributed by atoms with Crippen molar-refractivity contribution < 1.29 is 14.0 Å². The summed E-state index contributed by atoms with van der Waals surface area (Å²) in [6.07, 6.45) is 0. The van der Waals surface area contributed by atoms with Crippen LogP contribution >= 0.6 is 0 Å². The summed E-state index contributed by atoms with van der Waals surface area (Å²) >= 11 is 0. The Balaban J connectivity index is 2.17. The average Bonchev–Trinajstić information content (AvgIpc) is 2.60. The molecule has 3 amide bonds. The monoisotopic (exact) mass is 233 g/mol. The molecule has 2 rings (SSSR count). The molecule has 0 aromatic heterocycles. The molecule has 0 bridgehead atoms. The standard InChI is InChI=1S/C11H8FN3O2/c12-9-3-7(4-13)1-2-8(9)5-15-6-10(16)14-11(15)17/h1-3H,5-6H2,(H,14,16,17). The molecule has 0 saturated carbocycles. The van der Waals surface area contributed by atoms with Crippen LogP contribution in [0.25, 0.3) is 0 Å². The molecule has 17 heavy (non-hydrogen) atoms.